The van der Waals surface area contributed by atoms with Gasteiger partial charge in [0.2, 0.25) is 0 Å². The average Bonchev–Trinajstić information content (AvgIpc) is 2.40. The topological polar surface area (TPSA) is 35.2 Å². The molecule has 0 aliphatic rings. The van der Waals surface area contributed by atoms with Gasteiger partial charge >= 0.3 is 0 Å². The summed E-state index contributed by atoms with van der Waals surface area (Å²) in [5.74, 6) is 0.501. The Balaban J connectivity index is 2.10. The molecule has 0 heterocycles. The van der Waals surface area contributed by atoms with E-state index in [1.807, 2.05) is 6.07 Å². The Kier molecular flexibility index (Phi) is 4.56. The number of halogens is 2. The maximum atomic E-state index is 13.5. The summed E-state index contributed by atoms with van der Waals surface area (Å²) in [6.45, 7) is 0. The van der Waals surface area contributed by atoms with Gasteiger partial charge in [-0.05, 0) is 35.9 Å². The first-order valence-corrected chi connectivity index (χ1v) is 6.96. The van der Waals surface area contributed by atoms with Crippen molar-refractivity contribution < 1.29 is 9.13 Å². The van der Waals surface area contributed by atoms with Crippen LogP contribution in [0.4, 0.5) is 10.1 Å². The maximum Gasteiger partial charge on any atom is 0.165 e. The van der Waals surface area contributed by atoms with Crippen LogP contribution < -0.4 is 10.5 Å². The molecule has 2 nitrogen and oxygen atoms in total. The second kappa shape index (κ2) is 6.17. The van der Waals surface area contributed by atoms with E-state index < -0.39 is 0 Å². The summed E-state index contributed by atoms with van der Waals surface area (Å²) < 4.78 is 18.4. The van der Waals surface area contributed by atoms with Crippen molar-refractivity contribution in [3.63, 3.8) is 0 Å². The summed E-state index contributed by atoms with van der Waals surface area (Å²) in [6.07, 6.45) is 0. The van der Waals surface area contributed by atoms with Crippen LogP contribution in [0.3, 0.4) is 0 Å². The van der Waals surface area contributed by atoms with Crippen LogP contribution in [0.25, 0.3) is 0 Å². The Morgan fingerprint density at radius 1 is 1.26 bits per heavy atom. The van der Waals surface area contributed by atoms with Gasteiger partial charge in [-0.2, -0.15) is 0 Å². The largest absolute Gasteiger partial charge is 0.494 e. The fraction of sp³-hybridized carbons (Fsp3) is 0.143. The van der Waals surface area contributed by atoms with E-state index in [0.29, 0.717) is 16.5 Å². The molecule has 2 rings (SSSR count). The summed E-state index contributed by atoms with van der Waals surface area (Å²) in [4.78, 5) is 0.892. The molecule has 2 aromatic carbocycles. The highest BCUT2D eigenvalue weighted by molar-refractivity contribution is 7.98. The van der Waals surface area contributed by atoms with Gasteiger partial charge in [0.1, 0.15) is 0 Å². The van der Waals surface area contributed by atoms with Crippen LogP contribution in [0.5, 0.6) is 5.75 Å². The Morgan fingerprint density at radius 2 is 2.05 bits per heavy atom. The summed E-state index contributed by atoms with van der Waals surface area (Å²) in [5.41, 5.74) is 7.39. The van der Waals surface area contributed by atoms with E-state index in [-0.39, 0.29) is 11.6 Å². The van der Waals surface area contributed by atoms with Crippen LogP contribution in [0, 0.1) is 5.82 Å². The van der Waals surface area contributed by atoms with Crippen LogP contribution in [0.2, 0.25) is 5.02 Å². The van der Waals surface area contributed by atoms with E-state index in [9.17, 15) is 4.39 Å². The molecule has 0 radical (unpaired) electrons. The number of hydrogen-bond donors (Lipinski definition) is 1. The number of thioether (sulfide) groups is 1. The van der Waals surface area contributed by atoms with Gasteiger partial charge in [-0.25, -0.2) is 4.39 Å². The third-order valence-corrected chi connectivity index (χ3v) is 3.96. The molecule has 0 bridgehead atoms. The van der Waals surface area contributed by atoms with Crippen LogP contribution in [-0.2, 0) is 5.75 Å². The molecule has 2 N–H and O–H groups in total. The van der Waals surface area contributed by atoms with Crippen molar-refractivity contribution in [1.29, 1.82) is 0 Å². The molecule has 0 amide bonds. The number of hydrogen-bond acceptors (Lipinski definition) is 3. The number of nitrogen functional groups attached to an aromatic ring is 1. The minimum atomic E-state index is -0.361. The number of nitrogens with two attached hydrogens (primary N) is 1. The van der Waals surface area contributed by atoms with Gasteiger partial charge in [-0.15, -0.1) is 11.8 Å². The lowest BCUT2D eigenvalue weighted by Gasteiger charge is -2.07. The Bertz CT molecular complexity index is 592. The maximum absolute atomic E-state index is 13.5. The van der Waals surface area contributed by atoms with Gasteiger partial charge in [0.05, 0.1) is 7.11 Å². The molecule has 0 fully saturated rings. The minimum Gasteiger partial charge on any atom is -0.494 e. The highest BCUT2D eigenvalue weighted by Crippen LogP contribution is 2.31. The summed E-state index contributed by atoms with van der Waals surface area (Å²) in [5, 5.41) is 0.637. The fourth-order valence-corrected chi connectivity index (χ4v) is 2.78. The summed E-state index contributed by atoms with van der Waals surface area (Å²) in [6, 6.07) is 10.2. The first-order chi connectivity index (χ1) is 9.10. The van der Waals surface area contributed by atoms with Crippen molar-refractivity contribution >= 4 is 29.1 Å². The second-order valence-corrected chi connectivity index (χ2v) is 5.39. The van der Waals surface area contributed by atoms with Gasteiger partial charge in [0.25, 0.3) is 0 Å². The molecule has 0 unspecified atom stereocenters. The standard InChI is InChI=1S/C14H13ClFNOS/c1-18-13-5-2-9(6-11(13)16)8-19-14-7-10(15)3-4-12(14)17/h2-7H,8,17H2,1H3. The molecule has 0 atom stereocenters. The zero-order chi connectivity index (χ0) is 13.8. The van der Waals surface area contributed by atoms with E-state index in [0.717, 1.165) is 10.5 Å². The predicted molar refractivity (Wildman–Crippen MR) is 78.4 cm³/mol. The van der Waals surface area contributed by atoms with Crippen LogP contribution in [-0.4, -0.2) is 7.11 Å². The molecule has 0 aliphatic carbocycles. The number of methoxy groups -OCH3 is 1. The molecular formula is C14H13ClFNOS. The van der Waals surface area contributed by atoms with Gasteiger partial charge in [0, 0.05) is 21.4 Å². The first kappa shape index (κ1) is 14.0. The third-order valence-electron chi connectivity index (χ3n) is 2.59. The van der Waals surface area contributed by atoms with Crippen LogP contribution in [0.1, 0.15) is 5.56 Å². The Hall–Kier alpha value is -1.39. The van der Waals surface area contributed by atoms with Crippen molar-refractivity contribution in [3.05, 3.63) is 52.8 Å². The van der Waals surface area contributed by atoms with Crippen molar-refractivity contribution in [2.75, 3.05) is 12.8 Å². The van der Waals surface area contributed by atoms with Crippen molar-refractivity contribution in [2.45, 2.75) is 10.6 Å². The number of rotatable bonds is 4. The quantitative estimate of drug-likeness (QED) is 0.672. The van der Waals surface area contributed by atoms with E-state index in [1.54, 1.807) is 24.3 Å². The normalized spacial score (nSPS) is 10.5. The molecule has 2 aromatic rings. The first-order valence-electron chi connectivity index (χ1n) is 5.60. The monoisotopic (exact) mass is 297 g/mol. The zero-order valence-corrected chi connectivity index (χ0v) is 11.9. The average molecular weight is 298 g/mol. The van der Waals surface area contributed by atoms with E-state index in [2.05, 4.69) is 0 Å². The highest BCUT2D eigenvalue weighted by atomic mass is 35.5. The van der Waals surface area contributed by atoms with Gasteiger partial charge in [-0.1, -0.05) is 17.7 Å². The number of anilines is 1. The fourth-order valence-electron chi connectivity index (χ4n) is 1.59. The molecule has 0 spiro atoms. The zero-order valence-electron chi connectivity index (χ0n) is 10.3. The molecule has 19 heavy (non-hydrogen) atoms. The van der Waals surface area contributed by atoms with Gasteiger partial charge in [0.15, 0.2) is 11.6 Å². The molecule has 0 saturated heterocycles. The summed E-state index contributed by atoms with van der Waals surface area (Å²) >= 11 is 7.44. The number of benzene rings is 2. The second-order valence-electron chi connectivity index (χ2n) is 3.94. The molecule has 0 aliphatic heterocycles. The molecule has 100 valence electrons. The predicted octanol–water partition coefficient (Wildman–Crippen LogP) is 4.36. The lowest BCUT2D eigenvalue weighted by atomic mass is 10.2. The third kappa shape index (κ3) is 3.55. The molecule has 0 aromatic heterocycles. The lowest BCUT2D eigenvalue weighted by Crippen LogP contribution is -1.91. The van der Waals surface area contributed by atoms with Crippen LogP contribution >= 0.6 is 23.4 Å². The minimum absolute atomic E-state index is 0.246. The van der Waals surface area contributed by atoms with E-state index in [4.69, 9.17) is 22.1 Å². The van der Waals surface area contributed by atoms with Crippen molar-refractivity contribution in [1.82, 2.24) is 0 Å². The molecule has 5 heteroatoms. The van der Waals surface area contributed by atoms with Crippen molar-refractivity contribution in [2.24, 2.45) is 0 Å². The molecular weight excluding hydrogens is 285 g/mol. The van der Waals surface area contributed by atoms with Gasteiger partial charge < -0.3 is 10.5 Å². The Labute approximate surface area is 120 Å². The van der Waals surface area contributed by atoms with E-state index >= 15 is 0 Å². The van der Waals surface area contributed by atoms with Crippen LogP contribution in [0.15, 0.2) is 41.3 Å². The van der Waals surface area contributed by atoms with Crippen molar-refractivity contribution in [3.8, 4) is 5.75 Å². The van der Waals surface area contributed by atoms with E-state index in [1.165, 1.54) is 24.9 Å². The molecule has 0 saturated carbocycles. The SMILES string of the molecule is COc1ccc(CSc2cc(Cl)ccc2N)cc1F. The number of ether oxygens (including phenoxy) is 1. The smallest absolute Gasteiger partial charge is 0.165 e. The summed E-state index contributed by atoms with van der Waals surface area (Å²) in [7, 11) is 1.44. The highest BCUT2D eigenvalue weighted by Gasteiger charge is 2.06. The lowest BCUT2D eigenvalue weighted by molar-refractivity contribution is 0.386. The Morgan fingerprint density at radius 3 is 2.74 bits per heavy atom. The van der Waals surface area contributed by atoms with Gasteiger partial charge in [-0.3, -0.25) is 0 Å².